The maximum Gasteiger partial charge on any atom is 0.264 e. The Morgan fingerprint density at radius 2 is 1.79 bits per heavy atom. The van der Waals surface area contributed by atoms with Gasteiger partial charge in [-0.3, -0.25) is 9.10 Å². The summed E-state index contributed by atoms with van der Waals surface area (Å²) in [6.07, 6.45) is -0.826. The third-order valence-electron chi connectivity index (χ3n) is 4.94. The normalized spacial score (nSPS) is 15.5. The van der Waals surface area contributed by atoms with Crippen molar-refractivity contribution in [3.8, 4) is 5.75 Å². The molecule has 0 radical (unpaired) electrons. The Kier molecular flexibility index (Phi) is 6.24. The van der Waals surface area contributed by atoms with Crippen LogP contribution in [0.4, 0.5) is 20.2 Å². The number of nitrogens with one attached hydrogen (secondary N) is 1. The lowest BCUT2D eigenvalue weighted by molar-refractivity contribution is 0.101. The number of ether oxygens (including phenoxy) is 1. The first-order chi connectivity index (χ1) is 15.7. The maximum atomic E-state index is 14.0. The minimum atomic E-state index is -4.10. The Bertz CT molecular complexity index is 1300. The summed E-state index contributed by atoms with van der Waals surface area (Å²) < 4.78 is 61.2. The number of halogens is 3. The van der Waals surface area contributed by atoms with Crippen LogP contribution < -0.4 is 14.4 Å². The lowest BCUT2D eigenvalue weighted by atomic mass is 10.1. The number of aliphatic hydroxyl groups excluding tert-OH is 1. The molecule has 3 aromatic carbocycles. The van der Waals surface area contributed by atoms with Gasteiger partial charge in [0.2, 0.25) is 0 Å². The summed E-state index contributed by atoms with van der Waals surface area (Å²) in [4.78, 5) is 12.4. The average molecular weight is 495 g/mol. The number of fused-ring (bicyclic) bond motifs is 1. The zero-order chi connectivity index (χ0) is 23.8. The van der Waals surface area contributed by atoms with Gasteiger partial charge in [0.1, 0.15) is 29.1 Å². The van der Waals surface area contributed by atoms with Gasteiger partial charge >= 0.3 is 0 Å². The van der Waals surface area contributed by atoms with Crippen LogP contribution in [-0.2, 0) is 10.0 Å². The zero-order valence-electron chi connectivity index (χ0n) is 16.8. The Morgan fingerprint density at radius 3 is 2.42 bits per heavy atom. The minimum Gasteiger partial charge on any atom is -0.484 e. The highest BCUT2D eigenvalue weighted by molar-refractivity contribution is 7.92. The first-order valence-corrected chi connectivity index (χ1v) is 11.5. The molecule has 11 heteroatoms. The van der Waals surface area contributed by atoms with Gasteiger partial charge in [0.15, 0.2) is 0 Å². The third kappa shape index (κ3) is 4.50. The van der Waals surface area contributed by atoms with Crippen LogP contribution in [0.25, 0.3) is 0 Å². The number of rotatable bonds is 5. The molecule has 1 heterocycles. The van der Waals surface area contributed by atoms with E-state index in [1.165, 1.54) is 42.5 Å². The fourth-order valence-electron chi connectivity index (χ4n) is 3.35. The molecule has 1 unspecified atom stereocenters. The molecule has 1 atom stereocenters. The van der Waals surface area contributed by atoms with Crippen LogP contribution in [0.2, 0.25) is 5.02 Å². The summed E-state index contributed by atoms with van der Waals surface area (Å²) in [7, 11) is -4.10. The first kappa shape index (κ1) is 23.0. The monoisotopic (exact) mass is 494 g/mol. The van der Waals surface area contributed by atoms with Gasteiger partial charge < -0.3 is 15.2 Å². The van der Waals surface area contributed by atoms with Crippen LogP contribution >= 0.6 is 11.6 Å². The highest BCUT2D eigenvalue weighted by atomic mass is 35.5. The predicted molar refractivity (Wildman–Crippen MR) is 118 cm³/mol. The number of carbonyl (C=O) groups is 1. The SMILES string of the molecule is O=C(Nc1ccc2c(c1)N(S(=O)(=O)c1ccc(Cl)cc1)CC(CO)O2)c1c(F)cccc1F. The Balaban J connectivity index is 1.72. The van der Waals surface area contributed by atoms with Gasteiger partial charge in [-0.2, -0.15) is 0 Å². The van der Waals surface area contributed by atoms with E-state index in [2.05, 4.69) is 5.32 Å². The number of benzene rings is 3. The van der Waals surface area contributed by atoms with Crippen molar-refractivity contribution in [3.63, 3.8) is 0 Å². The number of aliphatic hydroxyl groups is 1. The average Bonchev–Trinajstić information content (AvgIpc) is 2.78. The van der Waals surface area contributed by atoms with Crippen LogP contribution in [0.3, 0.4) is 0 Å². The van der Waals surface area contributed by atoms with Crippen molar-refractivity contribution in [1.82, 2.24) is 0 Å². The Hall–Kier alpha value is -3.21. The zero-order valence-corrected chi connectivity index (χ0v) is 18.4. The number of hydrogen-bond acceptors (Lipinski definition) is 5. The highest BCUT2D eigenvalue weighted by Crippen LogP contribution is 2.39. The quantitative estimate of drug-likeness (QED) is 0.562. The summed E-state index contributed by atoms with van der Waals surface area (Å²) >= 11 is 5.86. The number of amides is 1. The summed E-state index contributed by atoms with van der Waals surface area (Å²) in [6.45, 7) is -0.634. The Morgan fingerprint density at radius 1 is 1.12 bits per heavy atom. The van der Waals surface area contributed by atoms with Gasteiger partial charge in [-0.1, -0.05) is 17.7 Å². The van der Waals surface area contributed by atoms with Crippen molar-refractivity contribution >= 4 is 38.9 Å². The van der Waals surface area contributed by atoms with Crippen LogP contribution in [0.5, 0.6) is 5.75 Å². The van der Waals surface area contributed by atoms with Crippen molar-refractivity contribution in [2.45, 2.75) is 11.0 Å². The van der Waals surface area contributed by atoms with E-state index in [1.54, 1.807) is 0 Å². The van der Waals surface area contributed by atoms with Crippen LogP contribution in [0.15, 0.2) is 65.6 Å². The standard InChI is InChI=1S/C22H17ClF2N2O5S/c23-13-4-7-16(8-5-13)33(30,31)27-11-15(12-28)32-20-9-6-14(10-19(20)27)26-22(29)21-17(24)2-1-3-18(21)25/h1-10,15,28H,11-12H2,(H,26,29). The molecular weight excluding hydrogens is 478 g/mol. The molecular formula is C22H17ClF2N2O5S. The largest absolute Gasteiger partial charge is 0.484 e. The molecule has 0 fully saturated rings. The van der Waals surface area contributed by atoms with Gasteiger partial charge in [0.25, 0.3) is 15.9 Å². The van der Waals surface area contributed by atoms with Gasteiger partial charge in [-0.15, -0.1) is 0 Å². The molecule has 0 spiro atoms. The lowest BCUT2D eigenvalue weighted by Gasteiger charge is -2.35. The van der Waals surface area contributed by atoms with E-state index < -0.39 is 45.8 Å². The number of anilines is 2. The molecule has 7 nitrogen and oxygen atoms in total. The van der Waals surface area contributed by atoms with Crippen molar-refractivity contribution in [2.24, 2.45) is 0 Å². The first-order valence-electron chi connectivity index (χ1n) is 9.66. The van der Waals surface area contributed by atoms with Crippen molar-refractivity contribution in [3.05, 3.63) is 82.9 Å². The second-order valence-corrected chi connectivity index (χ2v) is 9.44. The van der Waals surface area contributed by atoms with E-state index in [4.69, 9.17) is 16.3 Å². The molecule has 0 saturated carbocycles. The molecule has 4 rings (SSSR count). The van der Waals surface area contributed by atoms with Gasteiger partial charge in [0, 0.05) is 10.7 Å². The lowest BCUT2D eigenvalue weighted by Crippen LogP contribution is -2.45. The molecule has 3 aromatic rings. The summed E-state index contributed by atoms with van der Waals surface area (Å²) in [5.41, 5.74) is -0.595. The molecule has 0 aromatic heterocycles. The molecule has 0 bridgehead atoms. The van der Waals surface area contributed by atoms with E-state index in [9.17, 15) is 27.1 Å². The number of sulfonamides is 1. The molecule has 1 amide bonds. The van der Waals surface area contributed by atoms with Crippen molar-refractivity contribution in [1.29, 1.82) is 0 Å². The van der Waals surface area contributed by atoms with Crippen LogP contribution in [-0.4, -0.2) is 38.7 Å². The molecule has 0 saturated heterocycles. The van der Waals surface area contributed by atoms with E-state index in [0.717, 1.165) is 22.5 Å². The molecule has 1 aliphatic rings. The fraction of sp³-hybridized carbons (Fsp3) is 0.136. The number of hydrogen-bond donors (Lipinski definition) is 2. The molecule has 33 heavy (non-hydrogen) atoms. The fourth-order valence-corrected chi connectivity index (χ4v) is 4.98. The Labute approximate surface area is 193 Å². The van der Waals surface area contributed by atoms with E-state index >= 15 is 0 Å². The smallest absolute Gasteiger partial charge is 0.264 e. The second kappa shape index (κ2) is 8.97. The minimum absolute atomic E-state index is 0.0423. The van der Waals surface area contributed by atoms with E-state index in [1.807, 2.05) is 0 Å². The second-order valence-electron chi connectivity index (χ2n) is 7.15. The molecule has 0 aliphatic carbocycles. The van der Waals surface area contributed by atoms with Gasteiger partial charge in [-0.05, 0) is 54.6 Å². The third-order valence-corrected chi connectivity index (χ3v) is 6.99. The maximum absolute atomic E-state index is 14.0. The van der Waals surface area contributed by atoms with E-state index in [-0.39, 0.29) is 28.6 Å². The van der Waals surface area contributed by atoms with Crippen LogP contribution in [0, 0.1) is 11.6 Å². The summed E-state index contributed by atoms with van der Waals surface area (Å²) in [5, 5.41) is 12.3. The number of carbonyl (C=O) groups excluding carboxylic acids is 1. The highest BCUT2D eigenvalue weighted by Gasteiger charge is 2.34. The van der Waals surface area contributed by atoms with Gasteiger partial charge in [-0.25, -0.2) is 17.2 Å². The molecule has 2 N–H and O–H groups in total. The van der Waals surface area contributed by atoms with E-state index in [0.29, 0.717) is 5.02 Å². The summed E-state index contributed by atoms with van der Waals surface area (Å²) in [5.74, 6) is -2.96. The predicted octanol–water partition coefficient (Wildman–Crippen LogP) is 3.82. The van der Waals surface area contributed by atoms with Crippen LogP contribution in [0.1, 0.15) is 10.4 Å². The van der Waals surface area contributed by atoms with Crippen molar-refractivity contribution < 1.29 is 31.8 Å². The molecule has 172 valence electrons. The molecule has 1 aliphatic heterocycles. The number of nitrogens with zero attached hydrogens (tertiary/aromatic N) is 1. The topological polar surface area (TPSA) is 95.9 Å². The van der Waals surface area contributed by atoms with Gasteiger partial charge in [0.05, 0.1) is 23.7 Å². The summed E-state index contributed by atoms with van der Waals surface area (Å²) in [6, 6.07) is 12.7. The van der Waals surface area contributed by atoms with Crippen molar-refractivity contribution in [2.75, 3.05) is 22.8 Å².